The first-order chi connectivity index (χ1) is 7.81. The van der Waals surface area contributed by atoms with Crippen LogP contribution in [0.4, 0.5) is 0 Å². The van der Waals surface area contributed by atoms with Crippen LogP contribution in [0.3, 0.4) is 0 Å². The molecule has 82 valence electrons. The molecule has 0 atom stereocenters. The average Bonchev–Trinajstić information content (AvgIpc) is 2.83. The summed E-state index contributed by atoms with van der Waals surface area (Å²) in [5.74, 6) is 0.646. The van der Waals surface area contributed by atoms with E-state index in [9.17, 15) is 4.79 Å². The highest BCUT2D eigenvalue weighted by molar-refractivity contribution is 6.99. The molecule has 16 heavy (non-hydrogen) atoms. The fourth-order valence-corrected chi connectivity index (χ4v) is 1.69. The Morgan fingerprint density at radius 3 is 2.69 bits per heavy atom. The molecule has 0 saturated heterocycles. The molecule has 0 aliphatic heterocycles. The molecule has 4 nitrogen and oxygen atoms in total. The van der Waals surface area contributed by atoms with Crippen molar-refractivity contribution in [3.8, 4) is 5.75 Å². The van der Waals surface area contributed by atoms with E-state index >= 15 is 0 Å². The molecule has 0 aliphatic carbocycles. The number of hydrogen-bond acceptors (Lipinski definition) is 5. The quantitative estimate of drug-likeness (QED) is 0.761. The Kier molecular flexibility index (Phi) is 3.26. The molecule has 0 amide bonds. The molecule has 0 N–H and O–H groups in total. The van der Waals surface area contributed by atoms with Crippen molar-refractivity contribution in [2.24, 2.45) is 0 Å². The van der Waals surface area contributed by atoms with E-state index in [2.05, 4.69) is 8.75 Å². The van der Waals surface area contributed by atoms with Crippen molar-refractivity contribution in [3.05, 3.63) is 41.7 Å². The normalized spacial score (nSPS) is 10.1. The lowest BCUT2D eigenvalue weighted by molar-refractivity contribution is 0.103. The van der Waals surface area contributed by atoms with Crippen LogP contribution in [0.25, 0.3) is 0 Å². The number of carbonyl (C=O) groups excluding carboxylic acids is 1. The van der Waals surface area contributed by atoms with Gasteiger partial charge in [0, 0.05) is 5.56 Å². The highest BCUT2D eigenvalue weighted by Crippen LogP contribution is 2.14. The van der Waals surface area contributed by atoms with E-state index < -0.39 is 0 Å². The van der Waals surface area contributed by atoms with Crippen molar-refractivity contribution < 1.29 is 9.53 Å². The molecule has 0 fully saturated rings. The van der Waals surface area contributed by atoms with Crippen molar-refractivity contribution in [2.45, 2.75) is 6.92 Å². The van der Waals surface area contributed by atoms with E-state index in [1.807, 2.05) is 6.92 Å². The number of ketones is 1. The van der Waals surface area contributed by atoms with Gasteiger partial charge in [0.05, 0.1) is 24.5 Å². The molecule has 0 saturated carbocycles. The van der Waals surface area contributed by atoms with Crippen molar-refractivity contribution >= 4 is 17.5 Å². The van der Waals surface area contributed by atoms with Crippen LogP contribution in [0.15, 0.2) is 30.5 Å². The number of hydrogen-bond donors (Lipinski definition) is 0. The van der Waals surface area contributed by atoms with Crippen LogP contribution in [0, 0.1) is 0 Å². The Hall–Kier alpha value is -1.75. The van der Waals surface area contributed by atoms with Crippen LogP contribution in [0.5, 0.6) is 5.75 Å². The first-order valence-corrected chi connectivity index (χ1v) is 5.59. The Morgan fingerprint density at radius 2 is 2.12 bits per heavy atom. The van der Waals surface area contributed by atoms with Crippen LogP contribution in [0.2, 0.25) is 0 Å². The summed E-state index contributed by atoms with van der Waals surface area (Å²) in [6.07, 6.45) is 1.48. The summed E-state index contributed by atoms with van der Waals surface area (Å²) in [7, 11) is 0. The number of ether oxygens (including phenoxy) is 1. The third kappa shape index (κ3) is 2.25. The van der Waals surface area contributed by atoms with Crippen molar-refractivity contribution in [3.63, 3.8) is 0 Å². The van der Waals surface area contributed by atoms with E-state index in [-0.39, 0.29) is 5.78 Å². The Morgan fingerprint density at radius 1 is 1.38 bits per heavy atom. The fourth-order valence-electron chi connectivity index (χ4n) is 1.28. The van der Waals surface area contributed by atoms with Gasteiger partial charge in [-0.05, 0) is 31.2 Å². The van der Waals surface area contributed by atoms with Gasteiger partial charge in [0.15, 0.2) is 0 Å². The predicted octanol–water partition coefficient (Wildman–Crippen LogP) is 2.17. The standard InChI is InChI=1S/C11H10N2O2S/c1-2-15-9-5-3-8(4-6-9)11(14)10-7-12-16-13-10/h3-7H,2H2,1H3. The second-order valence-electron chi connectivity index (χ2n) is 3.08. The summed E-state index contributed by atoms with van der Waals surface area (Å²) in [6.45, 7) is 2.53. The highest BCUT2D eigenvalue weighted by Gasteiger charge is 2.11. The molecule has 0 unspecified atom stereocenters. The van der Waals surface area contributed by atoms with Crippen molar-refractivity contribution in [1.82, 2.24) is 8.75 Å². The zero-order chi connectivity index (χ0) is 11.4. The third-order valence-corrected chi connectivity index (χ3v) is 2.50. The highest BCUT2D eigenvalue weighted by atomic mass is 32.1. The third-order valence-electron chi connectivity index (χ3n) is 2.02. The summed E-state index contributed by atoms with van der Waals surface area (Å²) in [5.41, 5.74) is 0.977. The van der Waals surface area contributed by atoms with Crippen LogP contribution in [-0.4, -0.2) is 21.1 Å². The zero-order valence-corrected chi connectivity index (χ0v) is 9.53. The number of aromatic nitrogens is 2. The van der Waals surface area contributed by atoms with Crippen LogP contribution in [0.1, 0.15) is 23.0 Å². The van der Waals surface area contributed by atoms with Gasteiger partial charge in [0.1, 0.15) is 11.4 Å². The van der Waals surface area contributed by atoms with Gasteiger partial charge in [0.25, 0.3) is 0 Å². The van der Waals surface area contributed by atoms with E-state index in [0.29, 0.717) is 17.9 Å². The SMILES string of the molecule is CCOc1ccc(C(=O)c2cnsn2)cc1. The van der Waals surface area contributed by atoms with Crippen LogP contribution < -0.4 is 4.74 Å². The first-order valence-electron chi connectivity index (χ1n) is 4.86. The molecular weight excluding hydrogens is 224 g/mol. The van der Waals surface area contributed by atoms with Gasteiger partial charge in [-0.3, -0.25) is 4.79 Å². The molecule has 0 spiro atoms. The van der Waals surface area contributed by atoms with E-state index in [0.717, 1.165) is 17.5 Å². The molecule has 5 heteroatoms. The summed E-state index contributed by atoms with van der Waals surface area (Å²) < 4.78 is 13.0. The monoisotopic (exact) mass is 234 g/mol. The maximum Gasteiger partial charge on any atom is 0.214 e. The second kappa shape index (κ2) is 4.85. The smallest absolute Gasteiger partial charge is 0.214 e. The largest absolute Gasteiger partial charge is 0.494 e. The number of carbonyl (C=O) groups is 1. The van der Waals surface area contributed by atoms with Gasteiger partial charge in [-0.2, -0.15) is 8.75 Å². The fraction of sp³-hybridized carbons (Fsp3) is 0.182. The van der Waals surface area contributed by atoms with Gasteiger partial charge in [-0.1, -0.05) is 0 Å². The zero-order valence-electron chi connectivity index (χ0n) is 8.71. The lowest BCUT2D eigenvalue weighted by atomic mass is 10.1. The van der Waals surface area contributed by atoms with E-state index in [1.54, 1.807) is 24.3 Å². The number of nitrogens with zero attached hydrogens (tertiary/aromatic N) is 2. The second-order valence-corrected chi connectivity index (χ2v) is 3.64. The van der Waals surface area contributed by atoms with Crippen LogP contribution >= 0.6 is 11.7 Å². The molecule has 1 aromatic carbocycles. The van der Waals surface area contributed by atoms with Gasteiger partial charge in [-0.15, -0.1) is 0 Å². The minimum atomic E-state index is -0.114. The summed E-state index contributed by atoms with van der Waals surface area (Å²) in [5, 5.41) is 0. The first kappa shape index (κ1) is 10.8. The molecular formula is C11H10N2O2S. The van der Waals surface area contributed by atoms with Crippen molar-refractivity contribution in [2.75, 3.05) is 6.61 Å². The van der Waals surface area contributed by atoms with Gasteiger partial charge < -0.3 is 4.74 Å². The molecule has 0 radical (unpaired) electrons. The lowest BCUT2D eigenvalue weighted by Crippen LogP contribution is -2.01. The van der Waals surface area contributed by atoms with Crippen LogP contribution in [-0.2, 0) is 0 Å². The van der Waals surface area contributed by atoms with Crippen molar-refractivity contribution in [1.29, 1.82) is 0 Å². The summed E-state index contributed by atoms with van der Waals surface area (Å²) in [4.78, 5) is 11.8. The minimum Gasteiger partial charge on any atom is -0.494 e. The van der Waals surface area contributed by atoms with Gasteiger partial charge in [-0.25, -0.2) is 0 Å². The van der Waals surface area contributed by atoms with E-state index in [4.69, 9.17) is 4.74 Å². The molecule has 0 bridgehead atoms. The van der Waals surface area contributed by atoms with E-state index in [1.165, 1.54) is 6.20 Å². The summed E-state index contributed by atoms with van der Waals surface area (Å²) >= 11 is 1.03. The topological polar surface area (TPSA) is 52.1 Å². The number of rotatable bonds is 4. The average molecular weight is 234 g/mol. The Labute approximate surface area is 97.2 Å². The maximum atomic E-state index is 11.8. The molecule has 2 rings (SSSR count). The van der Waals surface area contributed by atoms with Gasteiger partial charge in [0.2, 0.25) is 5.78 Å². The predicted molar refractivity (Wildman–Crippen MR) is 61.0 cm³/mol. The molecule has 0 aliphatic rings. The Bertz CT molecular complexity index is 465. The minimum absolute atomic E-state index is 0.114. The molecule has 2 aromatic rings. The summed E-state index contributed by atoms with van der Waals surface area (Å²) in [6, 6.07) is 7.01. The number of benzene rings is 1. The maximum absolute atomic E-state index is 11.8. The molecule has 1 heterocycles. The molecule has 1 aromatic heterocycles. The Balaban J connectivity index is 2.19. The lowest BCUT2D eigenvalue weighted by Gasteiger charge is -2.03. The van der Waals surface area contributed by atoms with Gasteiger partial charge >= 0.3 is 0 Å².